The van der Waals surface area contributed by atoms with Crippen LogP contribution in [0.2, 0.25) is 0 Å². The second-order valence-electron chi connectivity index (χ2n) is 15.7. The van der Waals surface area contributed by atoms with Gasteiger partial charge in [0.2, 0.25) is 0 Å². The van der Waals surface area contributed by atoms with Crippen molar-refractivity contribution in [2.75, 3.05) is 0 Å². The van der Waals surface area contributed by atoms with Crippen molar-refractivity contribution in [1.82, 2.24) is 0 Å². The summed E-state index contributed by atoms with van der Waals surface area (Å²) in [6.45, 7) is 19.4. The van der Waals surface area contributed by atoms with Gasteiger partial charge in [0.15, 0.2) is 0 Å². The van der Waals surface area contributed by atoms with E-state index in [2.05, 4.69) is 54.2 Å². The van der Waals surface area contributed by atoms with Crippen molar-refractivity contribution >= 4 is 31.2 Å². The summed E-state index contributed by atoms with van der Waals surface area (Å²) in [6.07, 6.45) is 2.13. The van der Waals surface area contributed by atoms with Crippen LogP contribution in [0.1, 0.15) is 99.8 Å². The average molecular weight is 699 g/mol. The van der Waals surface area contributed by atoms with Crippen LogP contribution < -0.4 is 0 Å². The largest absolute Gasteiger partial charge is 0.397 e. The molecule has 0 amide bonds. The quantitative estimate of drug-likeness (QED) is 0.185. The van der Waals surface area contributed by atoms with E-state index in [4.69, 9.17) is 12.5 Å². The Morgan fingerprint density at radius 2 is 1.44 bits per heavy atom. The molecule has 0 spiro atoms. The maximum absolute atomic E-state index is 12.1. The van der Waals surface area contributed by atoms with E-state index < -0.39 is 60.8 Å². The lowest BCUT2D eigenvalue weighted by Crippen LogP contribution is -2.60. The van der Waals surface area contributed by atoms with Crippen LogP contribution in [0.4, 0.5) is 0 Å². The molecule has 0 aromatic heterocycles. The molecule has 0 saturated heterocycles. The molecule has 0 aliphatic heterocycles. The summed E-state index contributed by atoms with van der Waals surface area (Å²) in [6, 6.07) is 0. The predicted octanol–water partition coefficient (Wildman–Crippen LogP) is 5.76. The molecule has 10 unspecified atom stereocenters. The zero-order valence-electron chi connectivity index (χ0n) is 27.2. The van der Waals surface area contributed by atoms with Gasteiger partial charge in [0.1, 0.15) is 12.2 Å². The molecule has 3 saturated carbocycles. The Hall–Kier alpha value is -0.910. The van der Waals surface area contributed by atoms with E-state index in [0.717, 1.165) is 37.7 Å². The Labute approximate surface area is 269 Å². The van der Waals surface area contributed by atoms with E-state index in [1.54, 1.807) is 0 Å². The molecule has 15 heteroatoms. The monoisotopic (exact) mass is 698 g/mol. The van der Waals surface area contributed by atoms with E-state index in [1.165, 1.54) is 5.57 Å². The number of hydrogen-bond donors (Lipinski definition) is 3. The first-order valence-corrected chi connectivity index (χ1v) is 19.7. The van der Waals surface area contributed by atoms with Gasteiger partial charge in [-0.3, -0.25) is 13.7 Å². The molecule has 0 aromatic rings. The summed E-state index contributed by atoms with van der Waals surface area (Å²) >= 11 is 0. The summed E-state index contributed by atoms with van der Waals surface area (Å²) in [5.74, 6) is -0.226. The maximum Gasteiger partial charge on any atom is 0.397 e. The molecular weight excluding hydrogens is 649 g/mol. The maximum atomic E-state index is 12.1. The SMILES string of the molecule is C=C(CCC(C)C1CCC2(C)C3CC(OS(=O)(=O)O)C4CC(OS(=O)(=O)O)C(OS(=O)(=O)O)CC4(C)C3=CCC12C)C(C)(C)C. The Morgan fingerprint density at radius 3 is 1.98 bits per heavy atom. The zero-order valence-corrected chi connectivity index (χ0v) is 29.7. The number of fused-ring (bicyclic) bond motifs is 5. The van der Waals surface area contributed by atoms with Crippen molar-refractivity contribution in [3.8, 4) is 0 Å². The standard InChI is InChI=1S/C30H50O12S3/c1-18(9-10-19(2)27(3,4)5)20-11-13-30(8)22-15-24(40-43(31,32)33)23-16-25(41-44(34,35)36)26(42-45(37,38)39)17-28(23,6)21(22)12-14-29(20,30)7/h12,18,20,22-26H,2,9-11,13-17H2,1,3-8H3,(H,31,32,33)(H,34,35,36)(H,37,38,39). The molecule has 0 aromatic carbocycles. The average Bonchev–Trinajstić information content (AvgIpc) is 3.11. The Balaban J connectivity index is 1.75. The van der Waals surface area contributed by atoms with Gasteiger partial charge in [-0.05, 0) is 96.7 Å². The van der Waals surface area contributed by atoms with E-state index in [1.807, 2.05) is 6.92 Å². The third kappa shape index (κ3) is 7.41. The normalized spacial score (nSPS) is 39.7. The molecule has 0 radical (unpaired) electrons. The lowest BCUT2D eigenvalue weighted by Gasteiger charge is -2.63. The molecular formula is C30H50O12S3. The molecule has 0 heterocycles. The lowest BCUT2D eigenvalue weighted by atomic mass is 9.43. The fourth-order valence-corrected chi connectivity index (χ4v) is 11.1. The second kappa shape index (κ2) is 11.9. The van der Waals surface area contributed by atoms with Gasteiger partial charge in [0.25, 0.3) is 0 Å². The predicted molar refractivity (Wildman–Crippen MR) is 167 cm³/mol. The highest BCUT2D eigenvalue weighted by Crippen LogP contribution is 2.72. The first-order valence-electron chi connectivity index (χ1n) is 15.6. The molecule has 12 nitrogen and oxygen atoms in total. The zero-order chi connectivity index (χ0) is 34.2. The molecule has 3 N–H and O–H groups in total. The molecule has 45 heavy (non-hydrogen) atoms. The first kappa shape index (κ1) is 36.9. The van der Waals surface area contributed by atoms with Gasteiger partial charge in [-0.25, -0.2) is 12.5 Å². The van der Waals surface area contributed by atoms with Gasteiger partial charge in [-0.15, -0.1) is 0 Å². The fourth-order valence-electron chi connectivity index (χ4n) is 9.58. The van der Waals surface area contributed by atoms with Crippen LogP contribution >= 0.6 is 0 Å². The molecule has 3 fully saturated rings. The minimum Gasteiger partial charge on any atom is -0.264 e. The first-order chi connectivity index (χ1) is 20.2. The summed E-state index contributed by atoms with van der Waals surface area (Å²) in [7, 11) is -15.1. The molecule has 0 bridgehead atoms. The highest BCUT2D eigenvalue weighted by Gasteiger charge is 2.66. The van der Waals surface area contributed by atoms with Crippen molar-refractivity contribution in [2.45, 2.75) is 118 Å². The Bertz CT molecular complexity index is 1530. The van der Waals surface area contributed by atoms with E-state index in [-0.39, 0.29) is 41.4 Å². The van der Waals surface area contributed by atoms with Gasteiger partial charge < -0.3 is 0 Å². The minimum absolute atomic E-state index is 0.0226. The van der Waals surface area contributed by atoms with Crippen LogP contribution in [-0.2, 0) is 43.7 Å². The Morgan fingerprint density at radius 1 is 0.911 bits per heavy atom. The van der Waals surface area contributed by atoms with Crippen LogP contribution in [0.5, 0.6) is 0 Å². The van der Waals surface area contributed by atoms with Crippen LogP contribution in [-0.4, -0.2) is 57.2 Å². The topological polar surface area (TPSA) is 191 Å². The third-order valence-corrected chi connectivity index (χ3v) is 13.8. The van der Waals surface area contributed by atoms with Crippen LogP contribution in [0.15, 0.2) is 23.8 Å². The van der Waals surface area contributed by atoms with Gasteiger partial charge in [-0.1, -0.05) is 72.3 Å². The van der Waals surface area contributed by atoms with Gasteiger partial charge in [0, 0.05) is 0 Å². The van der Waals surface area contributed by atoms with Crippen LogP contribution in [0.25, 0.3) is 0 Å². The highest BCUT2D eigenvalue weighted by atomic mass is 32.3. The molecule has 4 aliphatic carbocycles. The minimum atomic E-state index is -5.09. The number of rotatable bonds is 10. The van der Waals surface area contributed by atoms with Gasteiger partial charge >= 0.3 is 31.2 Å². The lowest BCUT2D eigenvalue weighted by molar-refractivity contribution is -0.122. The van der Waals surface area contributed by atoms with Crippen molar-refractivity contribution in [3.63, 3.8) is 0 Å². The second-order valence-corrected chi connectivity index (χ2v) is 18.8. The van der Waals surface area contributed by atoms with E-state index in [9.17, 15) is 38.9 Å². The van der Waals surface area contributed by atoms with Crippen LogP contribution in [0.3, 0.4) is 0 Å². The summed E-state index contributed by atoms with van der Waals surface area (Å²) in [5, 5.41) is 0. The van der Waals surface area contributed by atoms with Crippen molar-refractivity contribution in [1.29, 1.82) is 0 Å². The number of hydrogen-bond acceptors (Lipinski definition) is 9. The summed E-state index contributed by atoms with van der Waals surface area (Å²) < 4.78 is 115. The summed E-state index contributed by atoms with van der Waals surface area (Å²) in [4.78, 5) is 0. The highest BCUT2D eigenvalue weighted by molar-refractivity contribution is 7.81. The van der Waals surface area contributed by atoms with Crippen molar-refractivity contribution in [3.05, 3.63) is 23.8 Å². The summed E-state index contributed by atoms with van der Waals surface area (Å²) in [5.41, 5.74) is 0.724. The molecule has 260 valence electrons. The van der Waals surface area contributed by atoms with Crippen LogP contribution in [0, 0.1) is 45.3 Å². The third-order valence-electron chi connectivity index (χ3n) is 12.3. The van der Waals surface area contributed by atoms with Crippen molar-refractivity contribution < 1.29 is 51.5 Å². The van der Waals surface area contributed by atoms with Crippen molar-refractivity contribution in [2.24, 2.45) is 45.3 Å². The Kier molecular flexibility index (Phi) is 9.76. The van der Waals surface area contributed by atoms with E-state index in [0.29, 0.717) is 11.8 Å². The van der Waals surface area contributed by atoms with E-state index >= 15 is 0 Å². The van der Waals surface area contributed by atoms with Gasteiger partial charge in [0.05, 0.1) is 6.10 Å². The number of allylic oxidation sites excluding steroid dienone is 3. The smallest absolute Gasteiger partial charge is 0.264 e. The van der Waals surface area contributed by atoms with Gasteiger partial charge in [-0.2, -0.15) is 25.3 Å². The molecule has 4 rings (SSSR count). The molecule has 4 aliphatic rings. The molecule has 10 atom stereocenters. The fraction of sp³-hybridized carbons (Fsp3) is 0.867.